The topological polar surface area (TPSA) is 90.7 Å². The van der Waals surface area contributed by atoms with Crippen molar-refractivity contribution in [2.75, 3.05) is 20.3 Å². The van der Waals surface area contributed by atoms with Gasteiger partial charge >= 0.3 is 5.97 Å². The number of halogens is 1. The number of methoxy groups -OCH3 is 1. The molecular formula is C13H25ClN2O4. The van der Waals surface area contributed by atoms with Crippen molar-refractivity contribution in [1.29, 1.82) is 0 Å². The van der Waals surface area contributed by atoms with Gasteiger partial charge in [0.05, 0.1) is 19.1 Å². The number of carbonyl (C=O) groups excluding carboxylic acids is 2. The quantitative estimate of drug-likeness (QED) is 0.702. The fourth-order valence-corrected chi connectivity index (χ4v) is 2.30. The Morgan fingerprint density at radius 1 is 1.30 bits per heavy atom. The summed E-state index contributed by atoms with van der Waals surface area (Å²) >= 11 is 0. The van der Waals surface area contributed by atoms with E-state index in [4.69, 9.17) is 15.2 Å². The van der Waals surface area contributed by atoms with Crippen LogP contribution in [-0.2, 0) is 19.1 Å². The molecule has 1 fully saturated rings. The highest BCUT2D eigenvalue weighted by atomic mass is 35.5. The van der Waals surface area contributed by atoms with Crippen LogP contribution in [0.25, 0.3) is 0 Å². The molecule has 0 bridgehead atoms. The lowest BCUT2D eigenvalue weighted by molar-refractivity contribution is -0.149. The van der Waals surface area contributed by atoms with Gasteiger partial charge in [-0.2, -0.15) is 0 Å². The third kappa shape index (κ3) is 6.07. The predicted octanol–water partition coefficient (Wildman–Crippen LogP) is 0.620. The molecule has 1 aliphatic rings. The Bertz CT molecular complexity index is 307. The molecular weight excluding hydrogens is 284 g/mol. The van der Waals surface area contributed by atoms with Crippen LogP contribution in [0.15, 0.2) is 0 Å². The fraction of sp³-hybridized carbons (Fsp3) is 0.846. The molecule has 1 aliphatic carbocycles. The van der Waals surface area contributed by atoms with Crippen LogP contribution in [0, 0.1) is 5.92 Å². The fourth-order valence-electron chi connectivity index (χ4n) is 2.30. The van der Waals surface area contributed by atoms with Crippen LogP contribution in [0.1, 0.15) is 32.6 Å². The summed E-state index contributed by atoms with van der Waals surface area (Å²) in [4.78, 5) is 23.3. The van der Waals surface area contributed by atoms with Crippen molar-refractivity contribution < 1.29 is 19.1 Å². The van der Waals surface area contributed by atoms with Gasteiger partial charge < -0.3 is 20.5 Å². The standard InChI is InChI=1S/C13H24N2O4.ClH/c1-3-19-13(17)9-4-6-10(7-5-9)15-12(16)11(14)8-18-2;/h9-11H,3-8,14H2,1-2H3,(H,15,16);1H. The Hall–Kier alpha value is -0.850. The van der Waals surface area contributed by atoms with E-state index in [0.29, 0.717) is 6.61 Å². The Balaban J connectivity index is 0.00000361. The molecule has 1 amide bonds. The average Bonchev–Trinajstić information content (AvgIpc) is 2.40. The van der Waals surface area contributed by atoms with Gasteiger partial charge in [0, 0.05) is 13.2 Å². The Morgan fingerprint density at radius 2 is 1.90 bits per heavy atom. The highest BCUT2D eigenvalue weighted by Crippen LogP contribution is 2.25. The lowest BCUT2D eigenvalue weighted by Crippen LogP contribution is -2.48. The molecule has 3 N–H and O–H groups in total. The molecule has 0 aromatic heterocycles. The molecule has 7 heteroatoms. The molecule has 1 atom stereocenters. The second kappa shape index (κ2) is 9.96. The highest BCUT2D eigenvalue weighted by Gasteiger charge is 2.28. The molecule has 6 nitrogen and oxygen atoms in total. The minimum absolute atomic E-state index is 0. The third-order valence-electron chi connectivity index (χ3n) is 3.38. The van der Waals surface area contributed by atoms with Crippen molar-refractivity contribution >= 4 is 24.3 Å². The number of esters is 1. The second-order valence-corrected chi connectivity index (χ2v) is 4.87. The highest BCUT2D eigenvalue weighted by molar-refractivity contribution is 5.85. The lowest BCUT2D eigenvalue weighted by Gasteiger charge is -2.28. The first-order valence-electron chi connectivity index (χ1n) is 6.80. The van der Waals surface area contributed by atoms with Gasteiger partial charge in [0.1, 0.15) is 6.04 Å². The molecule has 1 unspecified atom stereocenters. The minimum atomic E-state index is -0.632. The summed E-state index contributed by atoms with van der Waals surface area (Å²) < 4.78 is 9.85. The molecule has 20 heavy (non-hydrogen) atoms. The Morgan fingerprint density at radius 3 is 2.40 bits per heavy atom. The summed E-state index contributed by atoms with van der Waals surface area (Å²) in [6.07, 6.45) is 3.08. The van der Waals surface area contributed by atoms with E-state index in [1.807, 2.05) is 0 Å². The maximum atomic E-state index is 11.7. The van der Waals surface area contributed by atoms with Gasteiger partial charge in [0.15, 0.2) is 0 Å². The van der Waals surface area contributed by atoms with Crippen molar-refractivity contribution in [3.63, 3.8) is 0 Å². The van der Waals surface area contributed by atoms with Gasteiger partial charge in [0.25, 0.3) is 0 Å². The van der Waals surface area contributed by atoms with Crippen molar-refractivity contribution in [2.45, 2.75) is 44.7 Å². The Labute approximate surface area is 126 Å². The second-order valence-electron chi connectivity index (χ2n) is 4.87. The van der Waals surface area contributed by atoms with E-state index < -0.39 is 6.04 Å². The number of ether oxygens (including phenoxy) is 2. The summed E-state index contributed by atoms with van der Waals surface area (Å²) in [7, 11) is 1.51. The first-order chi connectivity index (χ1) is 9.08. The molecule has 0 aromatic carbocycles. The van der Waals surface area contributed by atoms with Crippen LogP contribution in [0.3, 0.4) is 0 Å². The molecule has 0 aliphatic heterocycles. The molecule has 0 heterocycles. The van der Waals surface area contributed by atoms with Gasteiger partial charge in [-0.25, -0.2) is 0 Å². The summed E-state index contributed by atoms with van der Waals surface area (Å²) in [6.45, 7) is 2.44. The molecule has 1 rings (SSSR count). The first kappa shape index (κ1) is 19.1. The van der Waals surface area contributed by atoms with Gasteiger partial charge in [-0.3, -0.25) is 9.59 Å². The van der Waals surface area contributed by atoms with Crippen molar-refractivity contribution in [3.8, 4) is 0 Å². The molecule has 0 saturated heterocycles. The maximum absolute atomic E-state index is 11.7. The largest absolute Gasteiger partial charge is 0.466 e. The Kier molecular flexibility index (Phi) is 9.54. The molecule has 0 aromatic rings. The summed E-state index contributed by atoms with van der Waals surface area (Å²) in [5, 5.41) is 2.90. The molecule has 118 valence electrons. The van der Waals surface area contributed by atoms with E-state index in [9.17, 15) is 9.59 Å². The molecule has 0 spiro atoms. The van der Waals surface area contributed by atoms with E-state index in [2.05, 4.69) is 5.32 Å². The number of nitrogens with two attached hydrogens (primary N) is 1. The maximum Gasteiger partial charge on any atom is 0.308 e. The van der Waals surface area contributed by atoms with Crippen LogP contribution in [-0.4, -0.2) is 44.3 Å². The SMILES string of the molecule is CCOC(=O)C1CCC(NC(=O)C(N)COC)CC1.Cl. The number of hydrogen-bond donors (Lipinski definition) is 2. The average molecular weight is 309 g/mol. The number of carbonyl (C=O) groups is 2. The number of rotatable bonds is 6. The van der Waals surface area contributed by atoms with E-state index in [0.717, 1.165) is 25.7 Å². The molecule has 1 saturated carbocycles. The summed E-state index contributed by atoms with van der Waals surface area (Å²) in [5.74, 6) is -0.342. The molecule has 0 radical (unpaired) electrons. The minimum Gasteiger partial charge on any atom is -0.466 e. The van der Waals surface area contributed by atoms with Crippen molar-refractivity contribution in [2.24, 2.45) is 11.7 Å². The van der Waals surface area contributed by atoms with Crippen molar-refractivity contribution in [1.82, 2.24) is 5.32 Å². The monoisotopic (exact) mass is 308 g/mol. The van der Waals surface area contributed by atoms with Gasteiger partial charge in [0.2, 0.25) is 5.91 Å². The van der Waals surface area contributed by atoms with Crippen LogP contribution in [0.2, 0.25) is 0 Å². The van der Waals surface area contributed by atoms with Crippen LogP contribution < -0.4 is 11.1 Å². The zero-order valence-corrected chi connectivity index (χ0v) is 12.9. The van der Waals surface area contributed by atoms with Crippen LogP contribution in [0.4, 0.5) is 0 Å². The zero-order valence-electron chi connectivity index (χ0n) is 12.1. The normalized spacial score (nSPS) is 23.4. The van der Waals surface area contributed by atoms with Crippen LogP contribution in [0.5, 0.6) is 0 Å². The third-order valence-corrected chi connectivity index (χ3v) is 3.38. The summed E-state index contributed by atoms with van der Waals surface area (Å²) in [6, 6.07) is -0.533. The predicted molar refractivity (Wildman–Crippen MR) is 77.6 cm³/mol. The smallest absolute Gasteiger partial charge is 0.308 e. The van der Waals surface area contributed by atoms with E-state index in [1.54, 1.807) is 6.92 Å². The van der Waals surface area contributed by atoms with Gasteiger partial charge in [-0.05, 0) is 32.6 Å². The lowest BCUT2D eigenvalue weighted by atomic mass is 9.86. The zero-order chi connectivity index (χ0) is 14.3. The number of amides is 1. The van der Waals surface area contributed by atoms with E-state index in [-0.39, 0.29) is 42.9 Å². The number of hydrogen-bond acceptors (Lipinski definition) is 5. The first-order valence-corrected chi connectivity index (χ1v) is 6.80. The van der Waals surface area contributed by atoms with E-state index in [1.165, 1.54) is 7.11 Å². The van der Waals surface area contributed by atoms with Gasteiger partial charge in [-0.1, -0.05) is 0 Å². The van der Waals surface area contributed by atoms with Crippen LogP contribution >= 0.6 is 12.4 Å². The van der Waals surface area contributed by atoms with Crippen molar-refractivity contribution in [3.05, 3.63) is 0 Å². The van der Waals surface area contributed by atoms with E-state index >= 15 is 0 Å². The summed E-state index contributed by atoms with van der Waals surface area (Å²) in [5.41, 5.74) is 5.65. The number of nitrogens with one attached hydrogen (secondary N) is 1. The van der Waals surface area contributed by atoms with Gasteiger partial charge in [-0.15, -0.1) is 12.4 Å².